The Morgan fingerprint density at radius 3 is 2.54 bits per heavy atom. The predicted molar refractivity (Wildman–Crippen MR) is 95.8 cm³/mol. The van der Waals surface area contributed by atoms with Gasteiger partial charge in [-0.25, -0.2) is 14.1 Å². The van der Waals surface area contributed by atoms with E-state index in [0.29, 0.717) is 17.2 Å². The van der Waals surface area contributed by atoms with Crippen molar-refractivity contribution < 1.29 is 9.18 Å². The maximum atomic E-state index is 13.0. The Hall–Kier alpha value is -2.06. The van der Waals surface area contributed by atoms with Crippen LogP contribution in [0.5, 0.6) is 0 Å². The molecular weight excluding hydrogens is 443 g/mol. The van der Waals surface area contributed by atoms with Gasteiger partial charge in [0.25, 0.3) is 5.91 Å². The van der Waals surface area contributed by atoms with Crippen LogP contribution in [-0.2, 0) is 0 Å². The number of nitrogens with zero attached hydrogens (tertiary/aromatic N) is 3. The standard InChI is InChI=1S/C16H11Br2FN4O/c1-9-20-15(22-23(9)12-5-3-11(19)4-6-12)16(24)21-14-7-2-10(17)8-13(14)18/h2-8H,1H3,(H,21,24). The molecular formula is C16H11Br2FN4O. The van der Waals surface area contributed by atoms with Crippen molar-refractivity contribution in [3.63, 3.8) is 0 Å². The fraction of sp³-hybridized carbons (Fsp3) is 0.0625. The van der Waals surface area contributed by atoms with Gasteiger partial charge in [-0.15, -0.1) is 5.10 Å². The zero-order valence-electron chi connectivity index (χ0n) is 12.4. The van der Waals surface area contributed by atoms with Gasteiger partial charge in [0.2, 0.25) is 5.82 Å². The Morgan fingerprint density at radius 2 is 1.88 bits per heavy atom. The average molecular weight is 454 g/mol. The van der Waals surface area contributed by atoms with E-state index < -0.39 is 5.91 Å². The minimum absolute atomic E-state index is 0.0339. The third kappa shape index (κ3) is 3.54. The minimum atomic E-state index is -0.429. The number of hydrogen-bond donors (Lipinski definition) is 1. The zero-order valence-corrected chi connectivity index (χ0v) is 15.6. The Bertz CT molecular complexity index is 909. The van der Waals surface area contributed by atoms with E-state index >= 15 is 0 Å². The molecule has 0 aliphatic heterocycles. The number of amides is 1. The maximum Gasteiger partial charge on any atom is 0.295 e. The summed E-state index contributed by atoms with van der Waals surface area (Å²) in [6.07, 6.45) is 0. The van der Waals surface area contributed by atoms with Gasteiger partial charge in [0.05, 0.1) is 11.4 Å². The molecule has 1 N–H and O–H groups in total. The lowest BCUT2D eigenvalue weighted by Crippen LogP contribution is -2.14. The summed E-state index contributed by atoms with van der Waals surface area (Å²) in [6.45, 7) is 1.72. The first kappa shape index (κ1) is 16.8. The fourth-order valence-corrected chi connectivity index (χ4v) is 3.23. The van der Waals surface area contributed by atoms with Gasteiger partial charge in [0.15, 0.2) is 0 Å². The molecule has 0 spiro atoms. The van der Waals surface area contributed by atoms with Crippen molar-refractivity contribution in [1.82, 2.24) is 14.8 Å². The first-order valence-corrected chi connectivity index (χ1v) is 8.48. The molecule has 0 saturated carbocycles. The van der Waals surface area contributed by atoms with Crippen LogP contribution < -0.4 is 5.32 Å². The fourth-order valence-electron chi connectivity index (χ4n) is 2.08. The van der Waals surface area contributed by atoms with Crippen molar-refractivity contribution in [3.8, 4) is 5.69 Å². The Kier molecular flexibility index (Phi) is 4.77. The van der Waals surface area contributed by atoms with Crippen LogP contribution in [0, 0.1) is 12.7 Å². The number of rotatable bonds is 3. The van der Waals surface area contributed by atoms with Gasteiger partial charge in [-0.05, 0) is 65.3 Å². The Labute approximate surface area is 154 Å². The monoisotopic (exact) mass is 452 g/mol. The average Bonchev–Trinajstić information content (AvgIpc) is 2.93. The molecule has 0 unspecified atom stereocenters. The second-order valence-corrected chi connectivity index (χ2v) is 6.72. The largest absolute Gasteiger partial charge is 0.318 e. The highest BCUT2D eigenvalue weighted by atomic mass is 79.9. The predicted octanol–water partition coefficient (Wildman–Crippen LogP) is 4.49. The molecule has 24 heavy (non-hydrogen) atoms. The highest BCUT2D eigenvalue weighted by Gasteiger charge is 2.16. The van der Waals surface area contributed by atoms with Gasteiger partial charge >= 0.3 is 0 Å². The van der Waals surface area contributed by atoms with E-state index in [1.54, 1.807) is 25.1 Å². The molecule has 122 valence electrons. The quantitative estimate of drug-likeness (QED) is 0.635. The second kappa shape index (κ2) is 6.82. The topological polar surface area (TPSA) is 59.8 Å². The minimum Gasteiger partial charge on any atom is -0.318 e. The van der Waals surface area contributed by atoms with Crippen LogP contribution in [-0.4, -0.2) is 20.7 Å². The molecule has 8 heteroatoms. The van der Waals surface area contributed by atoms with Crippen molar-refractivity contribution >= 4 is 43.5 Å². The van der Waals surface area contributed by atoms with Crippen LogP contribution in [0.4, 0.5) is 10.1 Å². The number of carbonyl (C=O) groups excluding carboxylic acids is 1. The molecule has 0 bridgehead atoms. The molecule has 3 rings (SSSR count). The molecule has 0 radical (unpaired) electrons. The van der Waals surface area contributed by atoms with Gasteiger partial charge in [-0.1, -0.05) is 15.9 Å². The van der Waals surface area contributed by atoms with Gasteiger partial charge in [-0.3, -0.25) is 4.79 Å². The number of halogens is 3. The van der Waals surface area contributed by atoms with Gasteiger partial charge in [-0.2, -0.15) is 0 Å². The third-order valence-electron chi connectivity index (χ3n) is 3.22. The molecule has 1 amide bonds. The molecule has 3 aromatic rings. The summed E-state index contributed by atoms with van der Waals surface area (Å²) in [5.74, 6) is -0.204. The highest BCUT2D eigenvalue weighted by molar-refractivity contribution is 9.11. The summed E-state index contributed by atoms with van der Waals surface area (Å²) in [5.41, 5.74) is 1.24. The van der Waals surface area contributed by atoms with Crippen molar-refractivity contribution in [1.29, 1.82) is 0 Å². The zero-order chi connectivity index (χ0) is 17.3. The number of nitrogens with one attached hydrogen (secondary N) is 1. The lowest BCUT2D eigenvalue weighted by Gasteiger charge is -2.05. The normalized spacial score (nSPS) is 10.7. The highest BCUT2D eigenvalue weighted by Crippen LogP contribution is 2.26. The number of aromatic nitrogens is 3. The number of aryl methyl sites for hydroxylation is 1. The molecule has 0 fully saturated rings. The van der Waals surface area contributed by atoms with E-state index in [-0.39, 0.29) is 11.6 Å². The third-order valence-corrected chi connectivity index (χ3v) is 4.37. The molecule has 1 aromatic heterocycles. The van der Waals surface area contributed by atoms with Gasteiger partial charge in [0, 0.05) is 8.95 Å². The van der Waals surface area contributed by atoms with Crippen LogP contribution in [0.2, 0.25) is 0 Å². The molecule has 1 heterocycles. The molecule has 0 aliphatic rings. The number of carbonyl (C=O) groups is 1. The summed E-state index contributed by atoms with van der Waals surface area (Å²) in [4.78, 5) is 16.5. The van der Waals surface area contributed by atoms with E-state index in [2.05, 4.69) is 47.3 Å². The van der Waals surface area contributed by atoms with E-state index in [4.69, 9.17) is 0 Å². The summed E-state index contributed by atoms with van der Waals surface area (Å²) < 4.78 is 16.1. The van der Waals surface area contributed by atoms with Crippen LogP contribution in [0.15, 0.2) is 51.4 Å². The first-order valence-electron chi connectivity index (χ1n) is 6.90. The van der Waals surface area contributed by atoms with E-state index in [0.717, 1.165) is 8.95 Å². The van der Waals surface area contributed by atoms with E-state index in [1.165, 1.54) is 16.8 Å². The SMILES string of the molecule is Cc1nc(C(=O)Nc2ccc(Br)cc2Br)nn1-c1ccc(F)cc1. The van der Waals surface area contributed by atoms with Crippen LogP contribution >= 0.6 is 31.9 Å². The first-order chi connectivity index (χ1) is 11.4. The lowest BCUT2D eigenvalue weighted by atomic mass is 10.3. The summed E-state index contributed by atoms with van der Waals surface area (Å²) in [7, 11) is 0. The summed E-state index contributed by atoms with van der Waals surface area (Å²) in [5, 5.41) is 6.95. The van der Waals surface area contributed by atoms with E-state index in [9.17, 15) is 9.18 Å². The number of hydrogen-bond acceptors (Lipinski definition) is 3. The molecule has 5 nitrogen and oxygen atoms in total. The van der Waals surface area contributed by atoms with Crippen LogP contribution in [0.3, 0.4) is 0 Å². The van der Waals surface area contributed by atoms with Crippen molar-refractivity contribution in [2.75, 3.05) is 5.32 Å². The van der Waals surface area contributed by atoms with Gasteiger partial charge in [0.1, 0.15) is 11.6 Å². The maximum absolute atomic E-state index is 13.0. The van der Waals surface area contributed by atoms with Crippen LogP contribution in [0.25, 0.3) is 5.69 Å². The van der Waals surface area contributed by atoms with Crippen molar-refractivity contribution in [2.24, 2.45) is 0 Å². The second-order valence-electron chi connectivity index (χ2n) is 4.95. The van der Waals surface area contributed by atoms with Gasteiger partial charge < -0.3 is 5.32 Å². The van der Waals surface area contributed by atoms with Crippen LogP contribution in [0.1, 0.15) is 16.4 Å². The summed E-state index contributed by atoms with van der Waals surface area (Å²) in [6, 6.07) is 11.2. The molecule has 0 atom stereocenters. The Balaban J connectivity index is 1.86. The molecule has 0 aliphatic carbocycles. The molecule has 2 aromatic carbocycles. The van der Waals surface area contributed by atoms with Crippen molar-refractivity contribution in [2.45, 2.75) is 6.92 Å². The number of benzene rings is 2. The smallest absolute Gasteiger partial charge is 0.295 e. The molecule has 0 saturated heterocycles. The number of anilines is 1. The summed E-state index contributed by atoms with van der Waals surface area (Å²) >= 11 is 6.74. The lowest BCUT2D eigenvalue weighted by molar-refractivity contribution is 0.101. The Morgan fingerprint density at radius 1 is 1.17 bits per heavy atom. The van der Waals surface area contributed by atoms with E-state index in [1.807, 2.05) is 12.1 Å². The van der Waals surface area contributed by atoms with Crippen molar-refractivity contribution in [3.05, 3.63) is 68.9 Å².